The van der Waals surface area contributed by atoms with E-state index in [1.165, 1.54) is 18.3 Å². The Kier molecular flexibility index (Phi) is 7.84. The second kappa shape index (κ2) is 11.2. The van der Waals surface area contributed by atoms with Gasteiger partial charge in [-0.2, -0.15) is 4.39 Å². The second-order valence-corrected chi connectivity index (χ2v) is 8.45. The quantitative estimate of drug-likeness (QED) is 0.134. The molecule has 0 aliphatic heterocycles. The van der Waals surface area contributed by atoms with Crippen LogP contribution in [0, 0.1) is 30.2 Å². The van der Waals surface area contributed by atoms with Gasteiger partial charge in [0.25, 0.3) is 0 Å². The van der Waals surface area contributed by atoms with Crippen molar-refractivity contribution in [2.75, 3.05) is 6.61 Å². The number of pyridine rings is 1. The van der Waals surface area contributed by atoms with Crippen LogP contribution in [0.1, 0.15) is 23.2 Å². The molecule has 4 aromatic rings. The molecule has 0 spiro atoms. The molecule has 0 fully saturated rings. The molecule has 0 bridgehead atoms. The van der Waals surface area contributed by atoms with Gasteiger partial charge in [-0.15, -0.1) is 6.58 Å². The number of halogens is 4. The van der Waals surface area contributed by atoms with E-state index in [-0.39, 0.29) is 35.5 Å². The van der Waals surface area contributed by atoms with Crippen LogP contribution in [0.4, 0.5) is 17.6 Å². The molecule has 0 aliphatic rings. The number of aryl methyl sites for hydroxylation is 3. The summed E-state index contributed by atoms with van der Waals surface area (Å²) in [7, 11) is 0. The van der Waals surface area contributed by atoms with Crippen molar-refractivity contribution in [1.82, 2.24) is 4.98 Å². The molecule has 6 heteroatoms. The lowest BCUT2D eigenvalue weighted by Crippen LogP contribution is -2.01. The Labute approximate surface area is 207 Å². The zero-order valence-electron chi connectivity index (χ0n) is 19.8. The summed E-state index contributed by atoms with van der Waals surface area (Å²) in [5.41, 5.74) is 3.21. The number of hydrogen-bond donors (Lipinski definition) is 0. The monoisotopic (exact) mass is 491 g/mol. The van der Waals surface area contributed by atoms with Crippen LogP contribution in [0.5, 0.6) is 5.75 Å². The van der Waals surface area contributed by atoms with Gasteiger partial charge >= 0.3 is 0 Å². The minimum atomic E-state index is -1.04. The van der Waals surface area contributed by atoms with E-state index < -0.39 is 23.3 Å². The molecular weight excluding hydrogens is 466 g/mol. The Morgan fingerprint density at radius 2 is 1.42 bits per heavy atom. The first-order chi connectivity index (χ1) is 17.4. The van der Waals surface area contributed by atoms with E-state index in [9.17, 15) is 17.6 Å². The van der Waals surface area contributed by atoms with Gasteiger partial charge in [0, 0.05) is 28.6 Å². The van der Waals surface area contributed by atoms with Crippen molar-refractivity contribution in [1.29, 1.82) is 0 Å². The standard InChI is InChI=1S/C30H25F4NO/c1-3-4-17-36-26-16-15-24(29(33)30(26)34)21-10-6-20(7-11-21)8-12-22-13-14-25(28(32)27(22)31)23-9-5-19(2)35-18-23/h3,5-7,9-11,13-16,18H,1,4,8,12,17H2,2H3. The summed E-state index contributed by atoms with van der Waals surface area (Å²) in [6.07, 6.45) is 4.41. The van der Waals surface area contributed by atoms with Crippen molar-refractivity contribution in [3.8, 4) is 28.0 Å². The molecule has 1 heterocycles. The molecule has 4 rings (SSSR count). The smallest absolute Gasteiger partial charge is 0.201 e. The van der Waals surface area contributed by atoms with Crippen LogP contribution in [-0.2, 0) is 12.8 Å². The highest BCUT2D eigenvalue weighted by molar-refractivity contribution is 5.66. The summed E-state index contributed by atoms with van der Waals surface area (Å²) in [6, 6.07) is 16.4. The molecule has 1 aromatic heterocycles. The van der Waals surface area contributed by atoms with Gasteiger partial charge in [0.2, 0.25) is 5.82 Å². The maximum Gasteiger partial charge on any atom is 0.201 e. The zero-order valence-corrected chi connectivity index (χ0v) is 19.8. The van der Waals surface area contributed by atoms with Crippen LogP contribution in [0.15, 0.2) is 79.5 Å². The first-order valence-corrected chi connectivity index (χ1v) is 11.6. The van der Waals surface area contributed by atoms with Crippen LogP contribution in [0.3, 0.4) is 0 Å². The topological polar surface area (TPSA) is 22.1 Å². The first-order valence-electron chi connectivity index (χ1n) is 11.6. The number of nitrogens with zero attached hydrogens (tertiary/aromatic N) is 1. The number of benzene rings is 3. The van der Waals surface area contributed by atoms with E-state index in [1.807, 2.05) is 6.92 Å². The molecule has 0 aliphatic carbocycles. The van der Waals surface area contributed by atoms with Gasteiger partial charge in [0.1, 0.15) is 0 Å². The van der Waals surface area contributed by atoms with Crippen LogP contribution in [-0.4, -0.2) is 11.6 Å². The predicted molar refractivity (Wildman–Crippen MR) is 134 cm³/mol. The van der Waals surface area contributed by atoms with E-state index in [0.717, 1.165) is 11.3 Å². The fraction of sp³-hybridized carbons (Fsp3) is 0.167. The molecule has 0 unspecified atom stereocenters. The molecule has 0 amide bonds. The Bertz CT molecular complexity index is 1370. The fourth-order valence-corrected chi connectivity index (χ4v) is 3.88. The molecule has 36 heavy (non-hydrogen) atoms. The molecule has 0 N–H and O–H groups in total. The van der Waals surface area contributed by atoms with E-state index in [1.54, 1.807) is 54.6 Å². The molecule has 0 radical (unpaired) electrons. The number of ether oxygens (including phenoxy) is 1. The van der Waals surface area contributed by atoms with E-state index >= 15 is 0 Å². The summed E-state index contributed by atoms with van der Waals surface area (Å²) in [5, 5.41) is 0. The summed E-state index contributed by atoms with van der Waals surface area (Å²) in [4.78, 5) is 4.14. The average Bonchev–Trinajstić information content (AvgIpc) is 2.89. The van der Waals surface area contributed by atoms with Crippen LogP contribution < -0.4 is 4.74 Å². The Morgan fingerprint density at radius 1 is 0.750 bits per heavy atom. The molecule has 184 valence electrons. The van der Waals surface area contributed by atoms with Crippen molar-refractivity contribution in [3.63, 3.8) is 0 Å². The third kappa shape index (κ3) is 5.48. The lowest BCUT2D eigenvalue weighted by molar-refractivity contribution is 0.302. The number of rotatable bonds is 9. The van der Waals surface area contributed by atoms with Crippen LogP contribution in [0.25, 0.3) is 22.3 Å². The molecule has 2 nitrogen and oxygen atoms in total. The van der Waals surface area contributed by atoms with Gasteiger partial charge in [-0.05, 0) is 61.1 Å². The molecule has 3 aromatic carbocycles. The first kappa shape index (κ1) is 25.2. The Morgan fingerprint density at radius 3 is 2.11 bits per heavy atom. The maximum absolute atomic E-state index is 14.7. The Hall–Kier alpha value is -3.93. The minimum absolute atomic E-state index is 0.115. The van der Waals surface area contributed by atoms with Gasteiger partial charge in [-0.3, -0.25) is 4.98 Å². The molecule has 0 saturated carbocycles. The maximum atomic E-state index is 14.7. The highest BCUT2D eigenvalue weighted by atomic mass is 19.2. The third-order valence-corrected chi connectivity index (χ3v) is 5.96. The number of aromatic nitrogens is 1. The summed E-state index contributed by atoms with van der Waals surface area (Å²) in [6.45, 7) is 5.60. The van der Waals surface area contributed by atoms with E-state index in [4.69, 9.17) is 4.74 Å². The van der Waals surface area contributed by atoms with Crippen LogP contribution >= 0.6 is 0 Å². The average molecular weight is 492 g/mol. The fourth-order valence-electron chi connectivity index (χ4n) is 3.88. The highest BCUT2D eigenvalue weighted by Crippen LogP contribution is 2.31. The normalized spacial score (nSPS) is 10.9. The van der Waals surface area contributed by atoms with Gasteiger partial charge < -0.3 is 4.74 Å². The van der Waals surface area contributed by atoms with Crippen LogP contribution in [0.2, 0.25) is 0 Å². The Balaban J connectivity index is 1.45. The number of hydrogen-bond acceptors (Lipinski definition) is 2. The largest absolute Gasteiger partial charge is 0.490 e. The van der Waals surface area contributed by atoms with Crippen molar-refractivity contribution in [2.24, 2.45) is 0 Å². The lowest BCUT2D eigenvalue weighted by Gasteiger charge is -2.11. The molecular formula is C30H25F4NO. The van der Waals surface area contributed by atoms with Crippen molar-refractivity contribution in [2.45, 2.75) is 26.2 Å². The zero-order chi connectivity index (χ0) is 25.7. The van der Waals surface area contributed by atoms with Gasteiger partial charge in [0.05, 0.1) is 6.61 Å². The van der Waals surface area contributed by atoms with Gasteiger partial charge in [0.15, 0.2) is 23.2 Å². The summed E-state index contributed by atoms with van der Waals surface area (Å²) >= 11 is 0. The SMILES string of the molecule is C=CCCOc1ccc(-c2ccc(CCc3ccc(-c4ccc(C)nc4)c(F)c3F)cc2)c(F)c1F. The lowest BCUT2D eigenvalue weighted by atomic mass is 9.98. The molecule has 0 atom stereocenters. The van der Waals surface area contributed by atoms with Gasteiger partial charge in [-0.25, -0.2) is 13.2 Å². The minimum Gasteiger partial charge on any atom is -0.490 e. The second-order valence-electron chi connectivity index (χ2n) is 8.45. The third-order valence-electron chi connectivity index (χ3n) is 5.96. The summed E-state index contributed by atoms with van der Waals surface area (Å²) < 4.78 is 63.7. The van der Waals surface area contributed by atoms with Crippen molar-refractivity contribution < 1.29 is 22.3 Å². The van der Waals surface area contributed by atoms with Gasteiger partial charge in [-0.1, -0.05) is 48.5 Å². The summed E-state index contributed by atoms with van der Waals surface area (Å²) in [5.74, 6) is -3.95. The predicted octanol–water partition coefficient (Wildman–Crippen LogP) is 8.02. The molecule has 0 saturated heterocycles. The van der Waals surface area contributed by atoms with Crippen molar-refractivity contribution in [3.05, 3.63) is 120 Å². The van der Waals surface area contributed by atoms with Crippen molar-refractivity contribution >= 4 is 0 Å². The van der Waals surface area contributed by atoms with E-state index in [2.05, 4.69) is 11.6 Å². The highest BCUT2D eigenvalue weighted by Gasteiger charge is 2.17. The van der Waals surface area contributed by atoms with E-state index in [0.29, 0.717) is 24.0 Å².